The van der Waals surface area contributed by atoms with E-state index in [1.54, 1.807) is 11.0 Å². The first kappa shape index (κ1) is 15.1. The van der Waals surface area contributed by atoms with Gasteiger partial charge in [-0.25, -0.2) is 4.98 Å². The van der Waals surface area contributed by atoms with Crippen molar-refractivity contribution < 1.29 is 18.5 Å². The summed E-state index contributed by atoms with van der Waals surface area (Å²) in [5.41, 5.74) is 1.78. The van der Waals surface area contributed by atoms with Gasteiger partial charge in [0.15, 0.2) is 5.89 Å². The standard InChI is InChI=1S/C18H21N3O4/c22-18(16-9-13(20-25-16)11-1-2-11)21-6-3-15-14(10-21)19-17(24-15)12-4-7-23-8-5-12/h9,11-12H,1-8,10H2. The summed E-state index contributed by atoms with van der Waals surface area (Å²) < 4.78 is 16.7. The van der Waals surface area contributed by atoms with E-state index in [1.807, 2.05) is 0 Å². The highest BCUT2D eigenvalue weighted by molar-refractivity contribution is 5.91. The molecule has 132 valence electrons. The zero-order valence-electron chi connectivity index (χ0n) is 14.1. The maximum Gasteiger partial charge on any atom is 0.292 e. The van der Waals surface area contributed by atoms with E-state index < -0.39 is 0 Å². The summed E-state index contributed by atoms with van der Waals surface area (Å²) in [6, 6.07) is 1.80. The van der Waals surface area contributed by atoms with Crippen molar-refractivity contribution in [2.75, 3.05) is 19.8 Å². The number of hydrogen-bond acceptors (Lipinski definition) is 6. The molecule has 7 nitrogen and oxygen atoms in total. The van der Waals surface area contributed by atoms with Gasteiger partial charge >= 0.3 is 0 Å². The Labute approximate surface area is 145 Å². The zero-order valence-corrected chi connectivity index (χ0v) is 14.1. The summed E-state index contributed by atoms with van der Waals surface area (Å²) >= 11 is 0. The molecule has 1 aliphatic carbocycles. The largest absolute Gasteiger partial charge is 0.445 e. The molecule has 7 heteroatoms. The second-order valence-corrected chi connectivity index (χ2v) is 7.18. The number of amides is 1. The fraction of sp³-hybridized carbons (Fsp3) is 0.611. The van der Waals surface area contributed by atoms with Crippen molar-refractivity contribution in [3.8, 4) is 0 Å². The van der Waals surface area contributed by atoms with Crippen LogP contribution in [0.1, 0.15) is 71.1 Å². The summed E-state index contributed by atoms with van der Waals surface area (Å²) in [6.45, 7) is 2.61. The molecule has 2 aromatic rings. The molecule has 2 fully saturated rings. The van der Waals surface area contributed by atoms with Crippen molar-refractivity contribution in [2.45, 2.75) is 50.5 Å². The quantitative estimate of drug-likeness (QED) is 0.852. The molecule has 0 aromatic carbocycles. The highest BCUT2D eigenvalue weighted by atomic mass is 16.5. The number of nitrogens with zero attached hydrogens (tertiary/aromatic N) is 3. The van der Waals surface area contributed by atoms with Gasteiger partial charge in [0.25, 0.3) is 5.91 Å². The van der Waals surface area contributed by atoms with E-state index in [0.29, 0.717) is 37.1 Å². The van der Waals surface area contributed by atoms with Gasteiger partial charge in [0, 0.05) is 44.1 Å². The average molecular weight is 343 g/mol. The van der Waals surface area contributed by atoms with Gasteiger partial charge in [0.05, 0.1) is 12.2 Å². The third-order valence-electron chi connectivity index (χ3n) is 5.34. The van der Waals surface area contributed by atoms with Crippen molar-refractivity contribution in [2.24, 2.45) is 0 Å². The Bertz CT molecular complexity index is 786. The van der Waals surface area contributed by atoms with Gasteiger partial charge in [-0.2, -0.15) is 0 Å². The molecule has 0 atom stereocenters. The van der Waals surface area contributed by atoms with E-state index in [1.165, 1.54) is 0 Å². The van der Waals surface area contributed by atoms with Crippen molar-refractivity contribution in [3.63, 3.8) is 0 Å². The van der Waals surface area contributed by atoms with Crippen LogP contribution in [-0.2, 0) is 17.7 Å². The third kappa shape index (κ3) is 2.86. The lowest BCUT2D eigenvalue weighted by Gasteiger charge is -2.23. The molecule has 0 unspecified atom stereocenters. The maximum absolute atomic E-state index is 12.7. The number of rotatable bonds is 3. The summed E-state index contributed by atoms with van der Waals surface area (Å²) in [5, 5.41) is 4.04. The van der Waals surface area contributed by atoms with Crippen LogP contribution in [0.4, 0.5) is 0 Å². The Balaban J connectivity index is 1.31. The van der Waals surface area contributed by atoms with Gasteiger partial charge in [0.2, 0.25) is 5.76 Å². The Kier molecular flexibility index (Phi) is 3.62. The van der Waals surface area contributed by atoms with Gasteiger partial charge in [-0.15, -0.1) is 0 Å². The highest BCUT2D eigenvalue weighted by Gasteiger charge is 2.32. The lowest BCUT2D eigenvalue weighted by Crippen LogP contribution is -2.35. The molecule has 3 aliphatic rings. The molecule has 0 radical (unpaired) electrons. The van der Waals surface area contributed by atoms with Crippen molar-refractivity contribution >= 4 is 5.91 Å². The van der Waals surface area contributed by atoms with Crippen LogP contribution in [0.15, 0.2) is 15.0 Å². The Morgan fingerprint density at radius 1 is 1.16 bits per heavy atom. The first-order valence-electron chi connectivity index (χ1n) is 9.10. The molecule has 1 saturated heterocycles. The minimum atomic E-state index is -0.110. The molecule has 0 N–H and O–H groups in total. The SMILES string of the molecule is O=C(c1cc(C2CC2)no1)N1CCc2oc(C3CCOCC3)nc2C1. The summed E-state index contributed by atoms with van der Waals surface area (Å²) in [6.07, 6.45) is 4.87. The maximum atomic E-state index is 12.7. The molecule has 25 heavy (non-hydrogen) atoms. The van der Waals surface area contributed by atoms with Gasteiger partial charge in [0.1, 0.15) is 11.5 Å². The highest BCUT2D eigenvalue weighted by Crippen LogP contribution is 2.39. The lowest BCUT2D eigenvalue weighted by molar-refractivity contribution is 0.0684. The summed E-state index contributed by atoms with van der Waals surface area (Å²) in [5.74, 6) is 2.76. The number of carbonyl (C=O) groups excluding carboxylic acids is 1. The van der Waals surface area contributed by atoms with Crippen LogP contribution < -0.4 is 0 Å². The second-order valence-electron chi connectivity index (χ2n) is 7.18. The van der Waals surface area contributed by atoms with Crippen molar-refractivity contribution in [1.29, 1.82) is 0 Å². The minimum Gasteiger partial charge on any atom is -0.445 e. The van der Waals surface area contributed by atoms with Gasteiger partial charge < -0.3 is 18.6 Å². The molecule has 2 aromatic heterocycles. The smallest absolute Gasteiger partial charge is 0.292 e. The average Bonchev–Trinajstić information content (AvgIpc) is 3.23. The van der Waals surface area contributed by atoms with Gasteiger partial charge in [-0.1, -0.05) is 5.16 Å². The normalized spacial score (nSPS) is 21.4. The first-order chi connectivity index (χ1) is 12.3. The third-order valence-corrected chi connectivity index (χ3v) is 5.34. The molecule has 1 saturated carbocycles. The molecular formula is C18H21N3O4. The van der Waals surface area contributed by atoms with Crippen LogP contribution in [0.25, 0.3) is 0 Å². The number of fused-ring (bicyclic) bond motifs is 1. The van der Waals surface area contributed by atoms with Crippen LogP contribution in [0, 0.1) is 0 Å². The second kappa shape index (κ2) is 5.98. The van der Waals surface area contributed by atoms with E-state index in [9.17, 15) is 4.79 Å². The Morgan fingerprint density at radius 3 is 2.80 bits per heavy atom. The van der Waals surface area contributed by atoms with Crippen molar-refractivity contribution in [1.82, 2.24) is 15.0 Å². The van der Waals surface area contributed by atoms with Crippen LogP contribution >= 0.6 is 0 Å². The Morgan fingerprint density at radius 2 is 2.00 bits per heavy atom. The number of hydrogen-bond donors (Lipinski definition) is 0. The van der Waals surface area contributed by atoms with Gasteiger partial charge in [-0.05, 0) is 25.7 Å². The van der Waals surface area contributed by atoms with Gasteiger partial charge in [-0.3, -0.25) is 4.79 Å². The van der Waals surface area contributed by atoms with Crippen LogP contribution in [0.2, 0.25) is 0 Å². The summed E-state index contributed by atoms with van der Waals surface area (Å²) in [7, 11) is 0. The molecule has 5 rings (SSSR count). The fourth-order valence-corrected chi connectivity index (χ4v) is 3.63. The minimum absolute atomic E-state index is 0.110. The van der Waals surface area contributed by atoms with Crippen molar-refractivity contribution in [3.05, 3.63) is 34.9 Å². The number of ether oxygens (including phenoxy) is 1. The number of oxazole rings is 1. The first-order valence-corrected chi connectivity index (χ1v) is 9.10. The lowest BCUT2D eigenvalue weighted by atomic mass is 10.0. The molecular weight excluding hydrogens is 322 g/mol. The zero-order chi connectivity index (χ0) is 16.8. The van der Waals surface area contributed by atoms with E-state index in [-0.39, 0.29) is 5.91 Å². The molecule has 0 spiro atoms. The van der Waals surface area contributed by atoms with E-state index in [2.05, 4.69) is 10.1 Å². The number of carbonyl (C=O) groups is 1. The van der Waals surface area contributed by atoms with E-state index in [4.69, 9.17) is 13.7 Å². The molecule has 4 heterocycles. The summed E-state index contributed by atoms with van der Waals surface area (Å²) in [4.78, 5) is 19.1. The van der Waals surface area contributed by atoms with Crippen LogP contribution in [0.3, 0.4) is 0 Å². The fourth-order valence-electron chi connectivity index (χ4n) is 3.63. The van der Waals surface area contributed by atoms with E-state index >= 15 is 0 Å². The number of aromatic nitrogens is 2. The molecule has 1 amide bonds. The van der Waals surface area contributed by atoms with Crippen LogP contribution in [0.5, 0.6) is 0 Å². The molecule has 2 aliphatic heterocycles. The predicted octanol–water partition coefficient (Wildman–Crippen LogP) is 2.63. The topological polar surface area (TPSA) is 81.6 Å². The van der Waals surface area contributed by atoms with Crippen LogP contribution in [-0.4, -0.2) is 40.7 Å². The molecule has 0 bridgehead atoms. The predicted molar refractivity (Wildman–Crippen MR) is 86.2 cm³/mol. The monoisotopic (exact) mass is 343 g/mol. The Hall–Kier alpha value is -2.15. The van der Waals surface area contributed by atoms with E-state index in [0.717, 1.165) is 61.9 Å².